The zero-order valence-electron chi connectivity index (χ0n) is 13.2. The van der Waals surface area contributed by atoms with Crippen molar-refractivity contribution in [2.75, 3.05) is 6.61 Å². The van der Waals surface area contributed by atoms with Crippen LogP contribution in [0.3, 0.4) is 0 Å². The smallest absolute Gasteiger partial charge is 0.408 e. The van der Waals surface area contributed by atoms with E-state index in [2.05, 4.69) is 5.32 Å². The maximum atomic E-state index is 11.9. The molecular weight excluding hydrogens is 262 g/mol. The molecule has 0 aromatic rings. The molecule has 1 unspecified atom stereocenters. The number of amides is 1. The van der Waals surface area contributed by atoms with E-state index in [-0.39, 0.29) is 12.5 Å². The van der Waals surface area contributed by atoms with Crippen molar-refractivity contribution in [2.24, 2.45) is 5.92 Å². The molecule has 0 rings (SSSR count). The second-order valence-corrected chi connectivity index (χ2v) is 6.06. The van der Waals surface area contributed by atoms with Gasteiger partial charge in [0.05, 0.1) is 6.10 Å². The summed E-state index contributed by atoms with van der Waals surface area (Å²) in [5, 5.41) is 11.9. The zero-order valence-corrected chi connectivity index (χ0v) is 13.2. The number of hydrogen-bond donors (Lipinski definition) is 2. The largest absolute Gasteiger partial charge is 0.461 e. The van der Waals surface area contributed by atoms with Gasteiger partial charge in [-0.1, -0.05) is 20.8 Å². The Bertz CT molecular complexity index is 322. The summed E-state index contributed by atoms with van der Waals surface area (Å²) in [6.45, 7) is 10.5. The topological polar surface area (TPSA) is 84.9 Å². The maximum absolute atomic E-state index is 11.9. The zero-order chi connectivity index (χ0) is 15.9. The fourth-order valence-corrected chi connectivity index (χ4v) is 1.32. The first-order chi connectivity index (χ1) is 9.06. The Kier molecular flexibility index (Phi) is 7.57. The molecular formula is C14H27NO5. The summed E-state index contributed by atoms with van der Waals surface area (Å²) < 4.78 is 10.1. The van der Waals surface area contributed by atoms with Gasteiger partial charge in [-0.05, 0) is 33.1 Å². The standard InChI is InChI=1S/C14H27NO5/c1-7-10(16)8-19-12(17)11(9(2)3)15-13(18)20-14(4,5)6/h9-11,16H,7-8H2,1-6H3,(H,15,18)/t10-,11?/m1/s1. The van der Waals surface area contributed by atoms with Crippen molar-refractivity contribution in [3.8, 4) is 0 Å². The Morgan fingerprint density at radius 2 is 1.80 bits per heavy atom. The lowest BCUT2D eigenvalue weighted by atomic mass is 10.1. The highest BCUT2D eigenvalue weighted by Crippen LogP contribution is 2.10. The minimum atomic E-state index is -0.797. The van der Waals surface area contributed by atoms with E-state index in [1.165, 1.54) is 0 Å². The van der Waals surface area contributed by atoms with Crippen LogP contribution >= 0.6 is 0 Å². The highest BCUT2D eigenvalue weighted by molar-refractivity contribution is 5.81. The first-order valence-electron chi connectivity index (χ1n) is 6.91. The first-order valence-corrected chi connectivity index (χ1v) is 6.91. The van der Waals surface area contributed by atoms with Crippen LogP contribution in [0.2, 0.25) is 0 Å². The molecule has 2 atom stereocenters. The lowest BCUT2D eigenvalue weighted by Crippen LogP contribution is -2.47. The summed E-state index contributed by atoms with van der Waals surface area (Å²) in [6.07, 6.45) is -0.850. The van der Waals surface area contributed by atoms with Crippen LogP contribution in [0, 0.1) is 5.92 Å². The van der Waals surface area contributed by atoms with Crippen LogP contribution in [0.5, 0.6) is 0 Å². The van der Waals surface area contributed by atoms with Crippen molar-refractivity contribution < 1.29 is 24.2 Å². The van der Waals surface area contributed by atoms with Gasteiger partial charge in [0.1, 0.15) is 18.2 Å². The Balaban J connectivity index is 4.49. The van der Waals surface area contributed by atoms with E-state index in [9.17, 15) is 14.7 Å². The molecule has 6 heteroatoms. The lowest BCUT2D eigenvalue weighted by Gasteiger charge is -2.24. The summed E-state index contributed by atoms with van der Waals surface area (Å²) in [5.41, 5.74) is -0.631. The van der Waals surface area contributed by atoms with Crippen LogP contribution in [0.15, 0.2) is 0 Å². The van der Waals surface area contributed by atoms with Gasteiger partial charge >= 0.3 is 12.1 Å². The molecule has 0 aliphatic rings. The van der Waals surface area contributed by atoms with Crippen molar-refractivity contribution in [3.63, 3.8) is 0 Å². The molecule has 0 heterocycles. The summed E-state index contributed by atoms with van der Waals surface area (Å²) in [4.78, 5) is 23.6. The van der Waals surface area contributed by atoms with Crippen LogP contribution in [-0.4, -0.2) is 41.5 Å². The molecule has 0 spiro atoms. The highest BCUT2D eigenvalue weighted by Gasteiger charge is 2.28. The first kappa shape index (κ1) is 18.7. The Hall–Kier alpha value is -1.30. The Morgan fingerprint density at radius 1 is 1.25 bits per heavy atom. The van der Waals surface area contributed by atoms with Crippen molar-refractivity contribution in [2.45, 2.75) is 65.7 Å². The van der Waals surface area contributed by atoms with E-state index in [1.807, 2.05) is 0 Å². The average molecular weight is 289 g/mol. The monoisotopic (exact) mass is 289 g/mol. The summed E-state index contributed by atoms with van der Waals surface area (Å²) in [5.74, 6) is -0.716. The number of hydrogen-bond acceptors (Lipinski definition) is 5. The van der Waals surface area contributed by atoms with E-state index >= 15 is 0 Å². The molecule has 118 valence electrons. The van der Waals surface area contributed by atoms with E-state index in [0.717, 1.165) is 0 Å². The van der Waals surface area contributed by atoms with Crippen LogP contribution in [0.4, 0.5) is 4.79 Å². The molecule has 0 bridgehead atoms. The maximum Gasteiger partial charge on any atom is 0.408 e. The fourth-order valence-electron chi connectivity index (χ4n) is 1.32. The summed E-state index contributed by atoms with van der Waals surface area (Å²) in [7, 11) is 0. The molecule has 0 saturated carbocycles. The van der Waals surface area contributed by atoms with Gasteiger partial charge in [-0.2, -0.15) is 0 Å². The average Bonchev–Trinajstić information content (AvgIpc) is 2.29. The molecule has 0 aliphatic heterocycles. The van der Waals surface area contributed by atoms with Gasteiger partial charge in [-0.15, -0.1) is 0 Å². The van der Waals surface area contributed by atoms with Gasteiger partial charge in [-0.25, -0.2) is 9.59 Å². The van der Waals surface area contributed by atoms with Crippen molar-refractivity contribution in [1.82, 2.24) is 5.32 Å². The predicted octanol–water partition coefficient (Wildman–Crippen LogP) is 1.85. The molecule has 0 radical (unpaired) electrons. The number of ether oxygens (including phenoxy) is 2. The number of esters is 1. The van der Waals surface area contributed by atoms with E-state index in [4.69, 9.17) is 9.47 Å². The number of nitrogens with one attached hydrogen (secondary N) is 1. The summed E-state index contributed by atoms with van der Waals surface area (Å²) in [6, 6.07) is -0.797. The molecule has 0 aromatic heterocycles. The molecule has 1 amide bonds. The number of carbonyl (C=O) groups is 2. The van der Waals surface area contributed by atoms with E-state index in [0.29, 0.717) is 6.42 Å². The van der Waals surface area contributed by atoms with Gasteiger partial charge in [-0.3, -0.25) is 0 Å². The minimum absolute atomic E-state index is 0.0748. The van der Waals surface area contributed by atoms with Gasteiger partial charge in [0, 0.05) is 0 Å². The molecule has 0 aliphatic carbocycles. The highest BCUT2D eigenvalue weighted by atomic mass is 16.6. The quantitative estimate of drug-likeness (QED) is 0.729. The Morgan fingerprint density at radius 3 is 2.20 bits per heavy atom. The molecule has 0 aromatic carbocycles. The molecule has 0 fully saturated rings. The van der Waals surface area contributed by atoms with Crippen LogP contribution in [-0.2, 0) is 14.3 Å². The molecule has 2 N–H and O–H groups in total. The number of aliphatic hydroxyl groups excluding tert-OH is 1. The minimum Gasteiger partial charge on any atom is -0.461 e. The van der Waals surface area contributed by atoms with Crippen LogP contribution < -0.4 is 5.32 Å². The third kappa shape index (κ3) is 7.99. The van der Waals surface area contributed by atoms with Gasteiger partial charge < -0.3 is 19.9 Å². The SMILES string of the molecule is CC[C@@H](O)COC(=O)C(NC(=O)OC(C)(C)C)C(C)C. The lowest BCUT2D eigenvalue weighted by molar-refractivity contribution is -0.150. The van der Waals surface area contributed by atoms with Crippen LogP contribution in [0.1, 0.15) is 48.0 Å². The Labute approximate surface area is 120 Å². The third-order valence-electron chi connectivity index (χ3n) is 2.48. The van der Waals surface area contributed by atoms with Crippen molar-refractivity contribution in [1.29, 1.82) is 0 Å². The predicted molar refractivity (Wildman–Crippen MR) is 75.3 cm³/mol. The number of carbonyl (C=O) groups excluding carboxylic acids is 2. The van der Waals surface area contributed by atoms with Gasteiger partial charge in [0.15, 0.2) is 0 Å². The van der Waals surface area contributed by atoms with Crippen molar-refractivity contribution in [3.05, 3.63) is 0 Å². The van der Waals surface area contributed by atoms with Gasteiger partial charge in [0.25, 0.3) is 0 Å². The van der Waals surface area contributed by atoms with Crippen molar-refractivity contribution >= 4 is 12.1 Å². The summed E-state index contributed by atoms with van der Waals surface area (Å²) >= 11 is 0. The molecule has 20 heavy (non-hydrogen) atoms. The third-order valence-corrected chi connectivity index (χ3v) is 2.48. The second-order valence-electron chi connectivity index (χ2n) is 6.06. The number of rotatable bonds is 6. The molecule has 6 nitrogen and oxygen atoms in total. The second kappa shape index (κ2) is 8.09. The van der Waals surface area contributed by atoms with Crippen LogP contribution in [0.25, 0.3) is 0 Å². The van der Waals surface area contributed by atoms with Gasteiger partial charge in [0.2, 0.25) is 0 Å². The molecule has 0 saturated heterocycles. The van der Waals surface area contributed by atoms with E-state index < -0.39 is 29.8 Å². The number of alkyl carbamates (subject to hydrolysis) is 1. The normalized spacial score (nSPS) is 14.6. The van der Waals surface area contributed by atoms with E-state index in [1.54, 1.807) is 41.5 Å². The number of aliphatic hydroxyl groups is 1. The fraction of sp³-hybridized carbons (Fsp3) is 0.857.